The van der Waals surface area contributed by atoms with Gasteiger partial charge in [-0.2, -0.15) is 0 Å². The summed E-state index contributed by atoms with van der Waals surface area (Å²) in [5, 5.41) is 1.12. The van der Waals surface area contributed by atoms with E-state index in [4.69, 9.17) is 29.6 Å². The highest BCUT2D eigenvalue weighted by Crippen LogP contribution is 2.32. The number of terminal acetylenes is 1. The molecule has 1 saturated heterocycles. The van der Waals surface area contributed by atoms with Crippen LogP contribution in [0.2, 0.25) is 10.0 Å². The number of rotatable bonds is 1. The lowest BCUT2D eigenvalue weighted by atomic mass is 10.1. The molecule has 0 saturated carbocycles. The van der Waals surface area contributed by atoms with E-state index in [9.17, 15) is 4.79 Å². The van der Waals surface area contributed by atoms with Gasteiger partial charge < -0.3 is 4.90 Å². The van der Waals surface area contributed by atoms with E-state index in [2.05, 4.69) is 5.92 Å². The maximum absolute atomic E-state index is 11.8. The van der Waals surface area contributed by atoms with Crippen molar-refractivity contribution < 1.29 is 4.79 Å². The molecule has 1 aliphatic heterocycles. The molecule has 0 N–H and O–H groups in total. The van der Waals surface area contributed by atoms with Crippen molar-refractivity contribution in [1.29, 1.82) is 0 Å². The van der Waals surface area contributed by atoms with Gasteiger partial charge in [0.15, 0.2) is 0 Å². The lowest BCUT2D eigenvalue weighted by Gasteiger charge is -2.17. The van der Waals surface area contributed by atoms with E-state index >= 15 is 0 Å². The summed E-state index contributed by atoms with van der Waals surface area (Å²) >= 11 is 12.1. The standard InChI is InChI=1S/C13H11Cl2NO/c1-3-9-4-13(17)16(7-9)10-5-11(14)8(2)12(15)6-10/h1,5-6,9H,4,7H2,2H3. The number of anilines is 1. The van der Waals surface area contributed by atoms with Crippen LogP contribution in [0.4, 0.5) is 5.69 Å². The molecule has 0 aliphatic carbocycles. The highest BCUT2D eigenvalue weighted by Gasteiger charge is 2.29. The lowest BCUT2D eigenvalue weighted by molar-refractivity contribution is -0.117. The van der Waals surface area contributed by atoms with Gasteiger partial charge in [-0.05, 0) is 24.6 Å². The van der Waals surface area contributed by atoms with Gasteiger partial charge in [-0.15, -0.1) is 12.3 Å². The third-order valence-corrected chi connectivity index (χ3v) is 3.72. The van der Waals surface area contributed by atoms with Gasteiger partial charge in [0.05, 0.1) is 0 Å². The predicted octanol–water partition coefficient (Wildman–Crippen LogP) is 3.29. The molecule has 1 fully saturated rings. The number of hydrogen-bond acceptors (Lipinski definition) is 1. The average molecular weight is 268 g/mol. The van der Waals surface area contributed by atoms with Gasteiger partial charge >= 0.3 is 0 Å². The fourth-order valence-corrected chi connectivity index (χ4v) is 2.33. The Morgan fingerprint density at radius 2 is 2.00 bits per heavy atom. The zero-order valence-electron chi connectivity index (χ0n) is 9.34. The molecule has 0 radical (unpaired) electrons. The lowest BCUT2D eigenvalue weighted by Crippen LogP contribution is -2.24. The molecule has 17 heavy (non-hydrogen) atoms. The van der Waals surface area contributed by atoms with Crippen LogP contribution in [0.15, 0.2) is 12.1 Å². The van der Waals surface area contributed by atoms with Gasteiger partial charge in [-0.1, -0.05) is 23.2 Å². The fourth-order valence-electron chi connectivity index (χ4n) is 1.86. The van der Waals surface area contributed by atoms with Crippen molar-refractivity contribution in [3.05, 3.63) is 27.7 Å². The molecule has 0 spiro atoms. The van der Waals surface area contributed by atoms with Crippen LogP contribution in [0.5, 0.6) is 0 Å². The first-order valence-corrected chi connectivity index (χ1v) is 6.00. The first kappa shape index (κ1) is 12.3. The van der Waals surface area contributed by atoms with E-state index < -0.39 is 0 Å². The van der Waals surface area contributed by atoms with Crippen LogP contribution in [0.1, 0.15) is 12.0 Å². The van der Waals surface area contributed by atoms with Crippen LogP contribution in [0.25, 0.3) is 0 Å². The van der Waals surface area contributed by atoms with Crippen LogP contribution in [-0.2, 0) is 4.79 Å². The van der Waals surface area contributed by atoms with Crippen molar-refractivity contribution in [1.82, 2.24) is 0 Å². The van der Waals surface area contributed by atoms with Crippen LogP contribution in [0.3, 0.4) is 0 Å². The first-order chi connectivity index (χ1) is 8.02. The quantitative estimate of drug-likeness (QED) is 0.716. The Hall–Kier alpha value is -1.17. The van der Waals surface area contributed by atoms with Gasteiger partial charge in [0.25, 0.3) is 0 Å². The first-order valence-electron chi connectivity index (χ1n) is 5.25. The van der Waals surface area contributed by atoms with Crippen LogP contribution >= 0.6 is 23.2 Å². The van der Waals surface area contributed by atoms with Crippen LogP contribution in [0, 0.1) is 25.2 Å². The predicted molar refractivity (Wildman–Crippen MR) is 70.5 cm³/mol. The van der Waals surface area contributed by atoms with E-state index in [-0.39, 0.29) is 11.8 Å². The number of amides is 1. The molecule has 2 nitrogen and oxygen atoms in total. The molecule has 4 heteroatoms. The minimum absolute atomic E-state index is 0.0175. The molecule has 0 aromatic heterocycles. The summed E-state index contributed by atoms with van der Waals surface area (Å²) in [5.41, 5.74) is 1.53. The molecule has 1 aromatic carbocycles. The number of benzene rings is 1. The summed E-state index contributed by atoms with van der Waals surface area (Å²) in [6.07, 6.45) is 5.73. The molecule has 2 rings (SSSR count). The van der Waals surface area contributed by atoms with Gasteiger partial charge in [0.1, 0.15) is 0 Å². The zero-order chi connectivity index (χ0) is 12.6. The maximum atomic E-state index is 11.8. The third kappa shape index (κ3) is 2.26. The number of halogens is 2. The van der Waals surface area contributed by atoms with Gasteiger partial charge in [0, 0.05) is 34.6 Å². The fraction of sp³-hybridized carbons (Fsp3) is 0.308. The largest absolute Gasteiger partial charge is 0.311 e. The average Bonchev–Trinajstić information content (AvgIpc) is 2.67. The molecule has 0 bridgehead atoms. The Labute approximate surface area is 111 Å². The molecule has 88 valence electrons. The Bertz CT molecular complexity index is 496. The van der Waals surface area contributed by atoms with E-state index in [1.807, 2.05) is 6.92 Å². The Balaban J connectivity index is 2.36. The summed E-state index contributed by atoms with van der Waals surface area (Å²) in [4.78, 5) is 13.4. The molecule has 1 aliphatic rings. The van der Waals surface area contributed by atoms with Gasteiger partial charge in [-0.25, -0.2) is 0 Å². The summed E-state index contributed by atoms with van der Waals surface area (Å²) in [5.74, 6) is 2.60. The molecule has 1 atom stereocenters. The summed E-state index contributed by atoms with van der Waals surface area (Å²) in [6, 6.07) is 3.50. The van der Waals surface area contributed by atoms with Crippen LogP contribution in [-0.4, -0.2) is 12.5 Å². The summed E-state index contributed by atoms with van der Waals surface area (Å²) in [7, 11) is 0. The van der Waals surface area contributed by atoms with Crippen molar-refractivity contribution in [3.63, 3.8) is 0 Å². The Morgan fingerprint density at radius 3 is 2.47 bits per heavy atom. The van der Waals surface area contributed by atoms with Gasteiger partial charge in [-0.3, -0.25) is 4.79 Å². The smallest absolute Gasteiger partial charge is 0.228 e. The normalized spacial score (nSPS) is 19.5. The highest BCUT2D eigenvalue weighted by molar-refractivity contribution is 6.36. The summed E-state index contributed by atoms with van der Waals surface area (Å²) < 4.78 is 0. The molecule has 1 amide bonds. The Morgan fingerprint density at radius 1 is 1.41 bits per heavy atom. The molecule has 1 heterocycles. The van der Waals surface area contributed by atoms with E-state index in [0.29, 0.717) is 28.7 Å². The van der Waals surface area contributed by atoms with Crippen molar-refractivity contribution in [2.24, 2.45) is 5.92 Å². The van der Waals surface area contributed by atoms with E-state index in [0.717, 1.165) is 5.56 Å². The van der Waals surface area contributed by atoms with Crippen LogP contribution < -0.4 is 4.90 Å². The maximum Gasteiger partial charge on any atom is 0.228 e. The number of hydrogen-bond donors (Lipinski definition) is 0. The van der Waals surface area contributed by atoms with Crippen molar-refractivity contribution >= 4 is 34.8 Å². The van der Waals surface area contributed by atoms with Crippen molar-refractivity contribution in [2.45, 2.75) is 13.3 Å². The number of nitrogens with zero attached hydrogens (tertiary/aromatic N) is 1. The molecular formula is C13H11Cl2NO. The Kier molecular flexibility index (Phi) is 3.33. The second-order valence-corrected chi connectivity index (χ2v) is 4.92. The van der Waals surface area contributed by atoms with Gasteiger partial charge in [0.2, 0.25) is 5.91 Å². The minimum atomic E-state index is -0.0265. The van der Waals surface area contributed by atoms with E-state index in [1.54, 1.807) is 17.0 Å². The molecule has 1 aromatic rings. The highest BCUT2D eigenvalue weighted by atomic mass is 35.5. The number of carbonyl (C=O) groups excluding carboxylic acids is 1. The second-order valence-electron chi connectivity index (χ2n) is 4.11. The molecule has 1 unspecified atom stereocenters. The number of carbonyl (C=O) groups is 1. The molecular weight excluding hydrogens is 257 g/mol. The van der Waals surface area contributed by atoms with E-state index in [1.165, 1.54) is 0 Å². The SMILES string of the molecule is C#CC1CC(=O)N(c2cc(Cl)c(C)c(Cl)c2)C1. The topological polar surface area (TPSA) is 20.3 Å². The zero-order valence-corrected chi connectivity index (χ0v) is 10.8. The second kappa shape index (κ2) is 4.60. The van der Waals surface area contributed by atoms with Crippen molar-refractivity contribution in [2.75, 3.05) is 11.4 Å². The monoisotopic (exact) mass is 267 g/mol. The summed E-state index contributed by atoms with van der Waals surface area (Å²) in [6.45, 7) is 2.37. The minimum Gasteiger partial charge on any atom is -0.311 e. The van der Waals surface area contributed by atoms with Crippen molar-refractivity contribution in [3.8, 4) is 12.3 Å². The third-order valence-electron chi connectivity index (χ3n) is 2.94.